The number of nitrogens with two attached hydrogens (primary N) is 1. The predicted octanol–water partition coefficient (Wildman–Crippen LogP) is 0.215. The van der Waals surface area contributed by atoms with Gasteiger partial charge >= 0.3 is 0 Å². The van der Waals surface area contributed by atoms with E-state index in [1.165, 1.54) is 24.3 Å². The number of benzene rings is 1. The Labute approximate surface area is 112 Å². The predicted molar refractivity (Wildman–Crippen MR) is 71.7 cm³/mol. The van der Waals surface area contributed by atoms with Crippen LogP contribution in [-0.4, -0.2) is 33.7 Å². The summed E-state index contributed by atoms with van der Waals surface area (Å²) in [6.45, 7) is 0.0994. The van der Waals surface area contributed by atoms with Crippen LogP contribution >= 0.6 is 0 Å². The number of sulfonamides is 1. The van der Waals surface area contributed by atoms with E-state index in [4.69, 9.17) is 10.3 Å². The highest BCUT2D eigenvalue weighted by Gasteiger charge is 2.12. The summed E-state index contributed by atoms with van der Waals surface area (Å²) >= 11 is 0. The Balaban J connectivity index is 2.46. The molecule has 1 aromatic carbocycles. The van der Waals surface area contributed by atoms with Crippen molar-refractivity contribution in [2.24, 2.45) is 0 Å². The molecule has 0 aromatic heterocycles. The number of hydrogen-bond donors (Lipinski definition) is 3. The first-order chi connectivity index (χ1) is 8.71. The lowest BCUT2D eigenvalue weighted by molar-refractivity contribution is 0.480. The van der Waals surface area contributed by atoms with Crippen LogP contribution in [0.3, 0.4) is 0 Å². The summed E-state index contributed by atoms with van der Waals surface area (Å²) in [4.78, 5) is 0.0940. The molecule has 108 valence electrons. The lowest BCUT2D eigenvalue weighted by Gasteiger charge is -2.06. The maximum Gasteiger partial charge on any atom is 0.264 e. The average molecular weight is 308 g/mol. The molecule has 0 spiro atoms. The van der Waals surface area contributed by atoms with Crippen LogP contribution in [0.15, 0.2) is 29.2 Å². The summed E-state index contributed by atoms with van der Waals surface area (Å²) in [5.74, 6) is -0.378. The third-order valence-corrected chi connectivity index (χ3v) is 4.59. The number of nitrogen functional groups attached to an aromatic ring is 1. The van der Waals surface area contributed by atoms with Crippen molar-refractivity contribution in [3.63, 3.8) is 0 Å². The SMILES string of the molecule is Nc1ccc(S(=O)(=O)NCCCCS(=O)(=O)O)cc1. The summed E-state index contributed by atoms with van der Waals surface area (Å²) in [5.41, 5.74) is 5.92. The number of hydrogen-bond acceptors (Lipinski definition) is 5. The van der Waals surface area contributed by atoms with Gasteiger partial charge in [0.1, 0.15) is 0 Å². The highest BCUT2D eigenvalue weighted by molar-refractivity contribution is 7.89. The molecule has 0 aliphatic heterocycles. The highest BCUT2D eigenvalue weighted by Crippen LogP contribution is 2.11. The summed E-state index contributed by atoms with van der Waals surface area (Å²) in [6, 6.07) is 5.73. The summed E-state index contributed by atoms with van der Waals surface area (Å²) in [5, 5.41) is 0. The molecule has 0 fully saturated rings. The quantitative estimate of drug-likeness (QED) is 0.375. The monoisotopic (exact) mass is 308 g/mol. The Hall–Kier alpha value is -1.16. The molecule has 1 aromatic rings. The van der Waals surface area contributed by atoms with Gasteiger partial charge in [0, 0.05) is 12.2 Å². The van der Waals surface area contributed by atoms with E-state index in [2.05, 4.69) is 4.72 Å². The third kappa shape index (κ3) is 6.01. The van der Waals surface area contributed by atoms with Crippen LogP contribution in [0.25, 0.3) is 0 Å². The zero-order chi connectivity index (χ0) is 14.5. The van der Waals surface area contributed by atoms with Crippen LogP contribution in [0.1, 0.15) is 12.8 Å². The topological polar surface area (TPSA) is 127 Å². The van der Waals surface area contributed by atoms with Crippen LogP contribution in [0, 0.1) is 0 Å². The van der Waals surface area contributed by atoms with Gasteiger partial charge in [-0.15, -0.1) is 0 Å². The largest absolute Gasteiger partial charge is 0.399 e. The molecule has 4 N–H and O–H groups in total. The lowest BCUT2D eigenvalue weighted by Crippen LogP contribution is -2.25. The van der Waals surface area contributed by atoms with Gasteiger partial charge in [-0.25, -0.2) is 13.1 Å². The molecule has 0 saturated carbocycles. The minimum absolute atomic E-state index is 0.0940. The zero-order valence-electron chi connectivity index (χ0n) is 10.1. The highest BCUT2D eigenvalue weighted by atomic mass is 32.2. The minimum atomic E-state index is -3.99. The molecule has 19 heavy (non-hydrogen) atoms. The van der Waals surface area contributed by atoms with Crippen LogP contribution in [0.5, 0.6) is 0 Å². The molecular weight excluding hydrogens is 292 g/mol. The van der Waals surface area contributed by atoms with E-state index in [9.17, 15) is 16.8 Å². The Morgan fingerprint density at radius 3 is 2.16 bits per heavy atom. The Kier molecular flexibility index (Phi) is 5.29. The fourth-order valence-electron chi connectivity index (χ4n) is 1.35. The van der Waals surface area contributed by atoms with E-state index >= 15 is 0 Å². The first kappa shape index (κ1) is 15.9. The van der Waals surface area contributed by atoms with Crippen LogP contribution in [0.4, 0.5) is 5.69 Å². The number of rotatable bonds is 7. The van der Waals surface area contributed by atoms with Crippen molar-refractivity contribution in [1.29, 1.82) is 0 Å². The molecule has 0 amide bonds. The molecule has 0 bridgehead atoms. The van der Waals surface area contributed by atoms with Gasteiger partial charge in [0.15, 0.2) is 0 Å². The molecule has 0 aliphatic rings. The van der Waals surface area contributed by atoms with Crippen LogP contribution < -0.4 is 10.5 Å². The standard InChI is InChI=1S/C10H16N2O5S2/c11-9-3-5-10(6-4-9)19(16,17)12-7-1-2-8-18(13,14)15/h3-6,12H,1-2,7-8,11H2,(H,13,14,15). The van der Waals surface area contributed by atoms with Gasteiger partial charge in [0.05, 0.1) is 10.6 Å². The molecule has 0 unspecified atom stereocenters. The van der Waals surface area contributed by atoms with Crippen LogP contribution in [-0.2, 0) is 20.1 Å². The molecule has 1 rings (SSSR count). The Morgan fingerprint density at radius 1 is 1.05 bits per heavy atom. The van der Waals surface area contributed by atoms with E-state index in [0.29, 0.717) is 12.1 Å². The molecule has 0 aliphatic carbocycles. The van der Waals surface area contributed by atoms with Crippen molar-refractivity contribution >= 4 is 25.8 Å². The summed E-state index contributed by atoms with van der Waals surface area (Å²) in [7, 11) is -7.60. The van der Waals surface area contributed by atoms with Crippen molar-refractivity contribution in [2.45, 2.75) is 17.7 Å². The molecule has 0 atom stereocenters. The molecule has 9 heteroatoms. The van der Waals surface area contributed by atoms with Gasteiger partial charge in [-0.2, -0.15) is 8.42 Å². The first-order valence-electron chi connectivity index (χ1n) is 5.51. The third-order valence-electron chi connectivity index (χ3n) is 2.31. The second kappa shape index (κ2) is 6.33. The van der Waals surface area contributed by atoms with Crippen LogP contribution in [0.2, 0.25) is 0 Å². The van der Waals surface area contributed by atoms with Crippen molar-refractivity contribution in [3.05, 3.63) is 24.3 Å². The maximum atomic E-state index is 11.8. The zero-order valence-corrected chi connectivity index (χ0v) is 11.7. The molecule has 0 radical (unpaired) electrons. The smallest absolute Gasteiger partial charge is 0.264 e. The van der Waals surface area contributed by atoms with Gasteiger partial charge in [0.2, 0.25) is 10.0 Å². The molecule has 0 heterocycles. The molecule has 0 saturated heterocycles. The minimum Gasteiger partial charge on any atom is -0.399 e. The van der Waals surface area contributed by atoms with E-state index in [1.54, 1.807) is 0 Å². The van der Waals surface area contributed by atoms with Crippen molar-refractivity contribution in [2.75, 3.05) is 18.0 Å². The fourth-order valence-corrected chi connectivity index (χ4v) is 2.99. The molecule has 7 nitrogen and oxygen atoms in total. The van der Waals surface area contributed by atoms with E-state index < -0.39 is 20.1 Å². The second-order valence-corrected chi connectivity index (χ2v) is 7.30. The van der Waals surface area contributed by atoms with Gasteiger partial charge < -0.3 is 5.73 Å². The average Bonchev–Trinajstić information content (AvgIpc) is 2.27. The van der Waals surface area contributed by atoms with E-state index in [0.717, 1.165) is 0 Å². The van der Waals surface area contributed by atoms with Gasteiger partial charge in [-0.3, -0.25) is 4.55 Å². The van der Waals surface area contributed by atoms with E-state index in [1.807, 2.05) is 0 Å². The van der Waals surface area contributed by atoms with E-state index in [-0.39, 0.29) is 23.6 Å². The Bertz CT molecular complexity index is 608. The van der Waals surface area contributed by atoms with Gasteiger partial charge in [-0.05, 0) is 37.1 Å². The summed E-state index contributed by atoms with van der Waals surface area (Å²) < 4.78 is 55.3. The Morgan fingerprint density at radius 2 is 1.63 bits per heavy atom. The van der Waals surface area contributed by atoms with Crippen molar-refractivity contribution in [3.8, 4) is 0 Å². The van der Waals surface area contributed by atoms with Crippen molar-refractivity contribution in [1.82, 2.24) is 4.72 Å². The molecular formula is C10H16N2O5S2. The summed E-state index contributed by atoms with van der Waals surface area (Å²) in [6.07, 6.45) is 0.497. The first-order valence-corrected chi connectivity index (χ1v) is 8.60. The number of unbranched alkanes of at least 4 members (excludes halogenated alkanes) is 1. The van der Waals surface area contributed by atoms with Gasteiger partial charge in [-0.1, -0.05) is 0 Å². The fraction of sp³-hybridized carbons (Fsp3) is 0.400. The lowest BCUT2D eigenvalue weighted by atomic mass is 10.3. The van der Waals surface area contributed by atoms with Gasteiger partial charge in [0.25, 0.3) is 10.1 Å². The number of nitrogens with one attached hydrogen (secondary N) is 1. The maximum absolute atomic E-state index is 11.8. The normalized spacial score (nSPS) is 12.5. The number of anilines is 1. The van der Waals surface area contributed by atoms with Crippen molar-refractivity contribution < 1.29 is 21.4 Å². The second-order valence-electron chi connectivity index (χ2n) is 3.96.